The van der Waals surface area contributed by atoms with Crippen LogP contribution in [0.5, 0.6) is 0 Å². The monoisotopic (exact) mass is 322 g/mol. The Morgan fingerprint density at radius 2 is 1.96 bits per heavy atom. The second-order valence-electron chi connectivity index (χ2n) is 5.06. The first kappa shape index (κ1) is 13.9. The van der Waals surface area contributed by atoms with Crippen molar-refractivity contribution in [1.82, 2.24) is 15.2 Å². The van der Waals surface area contributed by atoms with Gasteiger partial charge in [0.15, 0.2) is 5.76 Å². The molecule has 4 rings (SSSR count). The number of nitrogens with zero attached hydrogens (tertiary/aromatic N) is 2. The summed E-state index contributed by atoms with van der Waals surface area (Å²) >= 11 is 1.72. The maximum absolute atomic E-state index is 5.79. The van der Waals surface area contributed by atoms with Crippen molar-refractivity contribution in [3.63, 3.8) is 0 Å². The van der Waals surface area contributed by atoms with Gasteiger partial charge in [0.05, 0.1) is 17.9 Å². The number of fused-ring (bicyclic) bond motifs is 1. The summed E-state index contributed by atoms with van der Waals surface area (Å²) < 4.78 is 5.79. The van der Waals surface area contributed by atoms with E-state index in [1.807, 2.05) is 30.3 Å². The van der Waals surface area contributed by atoms with Crippen LogP contribution in [0.3, 0.4) is 0 Å². The zero-order chi connectivity index (χ0) is 15.6. The molecule has 0 aliphatic rings. The Morgan fingerprint density at radius 1 is 1.09 bits per heavy atom. The van der Waals surface area contributed by atoms with Crippen LogP contribution in [0.2, 0.25) is 0 Å². The summed E-state index contributed by atoms with van der Waals surface area (Å²) in [6.45, 7) is 0. The molecule has 0 fully saturated rings. The normalized spacial score (nSPS) is 11.0. The van der Waals surface area contributed by atoms with Gasteiger partial charge in [-0.25, -0.2) is 4.98 Å². The predicted molar refractivity (Wildman–Crippen MR) is 93.1 cm³/mol. The molecule has 0 saturated heterocycles. The van der Waals surface area contributed by atoms with Crippen molar-refractivity contribution < 1.29 is 4.42 Å². The first-order chi connectivity index (χ1) is 11.3. The molecule has 0 aliphatic heterocycles. The molecule has 2 heterocycles. The lowest BCUT2D eigenvalue weighted by Crippen LogP contribution is -1.89. The number of aromatic amines is 1. The number of thioether (sulfide) groups is 1. The van der Waals surface area contributed by atoms with Gasteiger partial charge in [-0.05, 0) is 36.6 Å². The largest absolute Gasteiger partial charge is 0.423 e. The minimum absolute atomic E-state index is 0.469. The molecule has 0 amide bonds. The number of aromatic nitrogens is 3. The van der Waals surface area contributed by atoms with Crippen molar-refractivity contribution in [2.45, 2.75) is 4.90 Å². The number of hydrogen-bond acceptors (Lipinski definition) is 5. The Bertz CT molecular complexity index is 943. The Hall–Kier alpha value is -2.73. The molecule has 6 heteroatoms. The lowest BCUT2D eigenvalue weighted by molar-refractivity contribution is 0.592. The number of oxazole rings is 1. The zero-order valence-corrected chi connectivity index (χ0v) is 13.2. The maximum Gasteiger partial charge on any atom is 0.299 e. The number of anilines is 2. The van der Waals surface area contributed by atoms with E-state index in [2.05, 4.69) is 38.9 Å². The van der Waals surface area contributed by atoms with Gasteiger partial charge in [-0.2, -0.15) is 5.10 Å². The second kappa shape index (κ2) is 5.81. The lowest BCUT2D eigenvalue weighted by Gasteiger charge is -2.02. The van der Waals surface area contributed by atoms with Gasteiger partial charge in [0, 0.05) is 21.5 Å². The Balaban J connectivity index is 1.56. The van der Waals surface area contributed by atoms with Gasteiger partial charge in [0.25, 0.3) is 6.01 Å². The Morgan fingerprint density at radius 3 is 2.78 bits per heavy atom. The van der Waals surface area contributed by atoms with Gasteiger partial charge in [0.2, 0.25) is 0 Å². The van der Waals surface area contributed by atoms with E-state index in [9.17, 15) is 0 Å². The summed E-state index contributed by atoms with van der Waals surface area (Å²) in [7, 11) is 0. The fourth-order valence-corrected chi connectivity index (χ4v) is 2.77. The van der Waals surface area contributed by atoms with Crippen molar-refractivity contribution in [3.05, 3.63) is 54.9 Å². The minimum atomic E-state index is 0.469. The van der Waals surface area contributed by atoms with Crippen LogP contribution in [0.1, 0.15) is 0 Å². The van der Waals surface area contributed by atoms with Crippen LogP contribution in [0, 0.1) is 0 Å². The van der Waals surface area contributed by atoms with Gasteiger partial charge in [0.1, 0.15) is 0 Å². The molecular weight excluding hydrogens is 308 g/mol. The summed E-state index contributed by atoms with van der Waals surface area (Å²) in [4.78, 5) is 5.51. The summed E-state index contributed by atoms with van der Waals surface area (Å²) in [6.07, 6.45) is 5.57. The second-order valence-corrected chi connectivity index (χ2v) is 5.93. The average Bonchev–Trinajstić information content (AvgIpc) is 3.24. The standard InChI is InChI=1S/C17H14N4OS/c1-23-14-5-2-11(3-6-14)16-10-18-17(22-16)20-13-4-7-15-12(8-13)9-19-21-15/h2-10H,1H3,(H,18,20)(H,19,21). The van der Waals surface area contributed by atoms with Crippen LogP contribution in [0.25, 0.3) is 22.2 Å². The molecule has 0 spiro atoms. The number of rotatable bonds is 4. The molecule has 4 aromatic rings. The number of nitrogens with one attached hydrogen (secondary N) is 2. The molecule has 0 radical (unpaired) electrons. The van der Waals surface area contributed by atoms with E-state index in [-0.39, 0.29) is 0 Å². The molecule has 5 nitrogen and oxygen atoms in total. The van der Waals surface area contributed by atoms with Crippen molar-refractivity contribution in [1.29, 1.82) is 0 Å². The molecule has 0 saturated carbocycles. The minimum Gasteiger partial charge on any atom is -0.423 e. The van der Waals surface area contributed by atoms with Crippen LogP contribution in [0.4, 0.5) is 11.7 Å². The average molecular weight is 322 g/mol. The van der Waals surface area contributed by atoms with Crippen LogP contribution < -0.4 is 5.32 Å². The van der Waals surface area contributed by atoms with E-state index in [0.717, 1.165) is 27.9 Å². The van der Waals surface area contributed by atoms with E-state index in [0.29, 0.717) is 6.01 Å². The van der Waals surface area contributed by atoms with Gasteiger partial charge < -0.3 is 9.73 Å². The Kier molecular flexibility index (Phi) is 3.51. The first-order valence-electron chi connectivity index (χ1n) is 7.12. The van der Waals surface area contributed by atoms with Crippen LogP contribution in [-0.2, 0) is 0 Å². The highest BCUT2D eigenvalue weighted by Crippen LogP contribution is 2.27. The molecule has 23 heavy (non-hydrogen) atoms. The summed E-state index contributed by atoms with van der Waals surface area (Å²) in [5, 5.41) is 11.2. The molecule has 2 aromatic heterocycles. The van der Waals surface area contributed by atoms with Gasteiger partial charge >= 0.3 is 0 Å². The lowest BCUT2D eigenvalue weighted by atomic mass is 10.2. The third-order valence-electron chi connectivity index (χ3n) is 3.57. The van der Waals surface area contributed by atoms with Crippen LogP contribution >= 0.6 is 11.8 Å². The van der Waals surface area contributed by atoms with Crippen molar-refractivity contribution in [2.24, 2.45) is 0 Å². The first-order valence-corrected chi connectivity index (χ1v) is 8.35. The highest BCUT2D eigenvalue weighted by atomic mass is 32.2. The SMILES string of the molecule is CSc1ccc(-c2cnc(Nc3ccc4[nH]ncc4c3)o2)cc1. The Labute approximate surface area is 137 Å². The molecular formula is C17H14N4OS. The predicted octanol–water partition coefficient (Wildman–Crippen LogP) is 4.68. The highest BCUT2D eigenvalue weighted by Gasteiger charge is 2.07. The summed E-state index contributed by atoms with van der Waals surface area (Å²) in [6, 6.07) is 14.6. The molecule has 0 aliphatic carbocycles. The molecule has 0 bridgehead atoms. The highest BCUT2D eigenvalue weighted by molar-refractivity contribution is 7.98. The van der Waals surface area contributed by atoms with E-state index < -0.39 is 0 Å². The van der Waals surface area contributed by atoms with Crippen molar-refractivity contribution >= 4 is 34.4 Å². The number of benzene rings is 2. The quantitative estimate of drug-likeness (QED) is 0.534. The molecule has 0 unspecified atom stereocenters. The fraction of sp³-hybridized carbons (Fsp3) is 0.0588. The molecule has 0 atom stereocenters. The van der Waals surface area contributed by atoms with Crippen molar-refractivity contribution in [2.75, 3.05) is 11.6 Å². The molecule has 2 aromatic carbocycles. The van der Waals surface area contributed by atoms with E-state index in [1.165, 1.54) is 4.90 Å². The van der Waals surface area contributed by atoms with E-state index in [4.69, 9.17) is 4.42 Å². The van der Waals surface area contributed by atoms with Gasteiger partial charge in [-0.3, -0.25) is 5.10 Å². The molecule has 2 N–H and O–H groups in total. The van der Waals surface area contributed by atoms with Crippen LogP contribution in [0.15, 0.2) is 64.2 Å². The number of H-pyrrole nitrogens is 1. The summed E-state index contributed by atoms with van der Waals surface area (Å²) in [5.74, 6) is 0.740. The van der Waals surface area contributed by atoms with Crippen molar-refractivity contribution in [3.8, 4) is 11.3 Å². The van der Waals surface area contributed by atoms with Gasteiger partial charge in [-0.1, -0.05) is 12.1 Å². The smallest absolute Gasteiger partial charge is 0.299 e. The number of hydrogen-bond donors (Lipinski definition) is 2. The van der Waals surface area contributed by atoms with Crippen LogP contribution in [-0.4, -0.2) is 21.4 Å². The zero-order valence-electron chi connectivity index (χ0n) is 12.4. The van der Waals surface area contributed by atoms with E-state index >= 15 is 0 Å². The third-order valence-corrected chi connectivity index (χ3v) is 4.32. The third kappa shape index (κ3) is 2.80. The van der Waals surface area contributed by atoms with Gasteiger partial charge in [-0.15, -0.1) is 11.8 Å². The van der Waals surface area contributed by atoms with E-state index in [1.54, 1.807) is 24.2 Å². The maximum atomic E-state index is 5.79. The fourth-order valence-electron chi connectivity index (χ4n) is 2.36. The summed E-state index contributed by atoms with van der Waals surface area (Å²) in [5.41, 5.74) is 2.91. The topological polar surface area (TPSA) is 66.7 Å². The molecule has 114 valence electrons.